The highest BCUT2D eigenvalue weighted by Gasteiger charge is 2.40. The highest BCUT2D eigenvalue weighted by molar-refractivity contribution is 7.09. The molecule has 1 rings (SSSR count). The fourth-order valence-electron chi connectivity index (χ4n) is 2.25. The van der Waals surface area contributed by atoms with Crippen molar-refractivity contribution in [1.29, 1.82) is 0 Å². The second kappa shape index (κ2) is 9.75. The minimum Gasteiger partial charge on any atom is -0.466 e. The van der Waals surface area contributed by atoms with Gasteiger partial charge >= 0.3 is 5.97 Å². The number of ketones is 1. The van der Waals surface area contributed by atoms with E-state index in [-0.39, 0.29) is 36.4 Å². The van der Waals surface area contributed by atoms with Crippen molar-refractivity contribution in [2.45, 2.75) is 78.6 Å². The topological polar surface area (TPSA) is 65.5 Å². The van der Waals surface area contributed by atoms with Crippen LogP contribution in [0.2, 0.25) is 18.1 Å². The first kappa shape index (κ1) is 23.7. The molecule has 27 heavy (non-hydrogen) atoms. The zero-order chi connectivity index (χ0) is 20.8. The largest absolute Gasteiger partial charge is 0.466 e. The van der Waals surface area contributed by atoms with Crippen molar-refractivity contribution in [1.82, 2.24) is 4.98 Å². The van der Waals surface area contributed by atoms with Gasteiger partial charge in [0.2, 0.25) is 0 Å². The molecule has 1 aromatic heterocycles. The van der Waals surface area contributed by atoms with Crippen molar-refractivity contribution in [2.24, 2.45) is 0 Å². The number of aryl methyl sites for hydroxylation is 1. The minimum absolute atomic E-state index is 0.0208. The molecule has 1 atom stereocenters. The molecule has 0 bridgehead atoms. The normalized spacial score (nSPS) is 14.1. The first-order valence-corrected chi connectivity index (χ1v) is 13.1. The molecule has 0 radical (unpaired) electrons. The van der Waals surface area contributed by atoms with Crippen LogP contribution >= 0.6 is 11.3 Å². The molecule has 0 amide bonds. The molecule has 7 heteroatoms. The number of hydrogen-bond donors (Lipinski definition) is 0. The third kappa shape index (κ3) is 7.68. The first-order chi connectivity index (χ1) is 12.4. The fourth-order valence-corrected chi connectivity index (χ4v) is 4.16. The second-order valence-corrected chi connectivity index (χ2v) is 14.1. The van der Waals surface area contributed by atoms with Crippen LogP contribution in [0.3, 0.4) is 0 Å². The van der Waals surface area contributed by atoms with Crippen LogP contribution in [0, 0.1) is 6.92 Å². The van der Waals surface area contributed by atoms with Crippen LogP contribution in [0.4, 0.5) is 0 Å². The highest BCUT2D eigenvalue weighted by atomic mass is 32.1. The van der Waals surface area contributed by atoms with Gasteiger partial charge in [0.1, 0.15) is 12.2 Å². The standard InChI is InChI=1S/C20H33NO4SSi/c1-9-24-19(23)12-17(22)11-18(25-27(7,8)20(4,5)6)14(2)10-16-13-26-15(3)21-16/h10,13,18H,9,11-12H2,1-8H3/b14-10+/t18-/m0/s1. The monoisotopic (exact) mass is 411 g/mol. The molecule has 152 valence electrons. The number of esters is 1. The van der Waals surface area contributed by atoms with Crippen LogP contribution in [0.5, 0.6) is 0 Å². The summed E-state index contributed by atoms with van der Waals surface area (Å²) in [5, 5.41) is 3.00. The average molecular weight is 412 g/mol. The maximum Gasteiger partial charge on any atom is 0.313 e. The lowest BCUT2D eigenvalue weighted by Gasteiger charge is -2.39. The molecule has 1 heterocycles. The summed E-state index contributed by atoms with van der Waals surface area (Å²) in [5.74, 6) is -0.648. The lowest BCUT2D eigenvalue weighted by molar-refractivity contribution is -0.145. The number of ether oxygens (including phenoxy) is 1. The zero-order valence-corrected chi connectivity index (χ0v) is 19.7. The van der Waals surface area contributed by atoms with Crippen molar-refractivity contribution < 1.29 is 18.8 Å². The van der Waals surface area contributed by atoms with E-state index in [1.165, 1.54) is 0 Å². The molecular formula is C20H33NO4SSi. The smallest absolute Gasteiger partial charge is 0.313 e. The van der Waals surface area contributed by atoms with Gasteiger partial charge in [0.15, 0.2) is 8.32 Å². The van der Waals surface area contributed by atoms with E-state index >= 15 is 0 Å². The summed E-state index contributed by atoms with van der Waals surface area (Å²) in [6, 6.07) is 0. The Morgan fingerprint density at radius 1 is 1.33 bits per heavy atom. The quantitative estimate of drug-likeness (QED) is 0.319. The summed E-state index contributed by atoms with van der Waals surface area (Å²) in [4.78, 5) is 28.5. The van der Waals surface area contributed by atoms with Gasteiger partial charge in [0.05, 0.1) is 23.4 Å². The predicted molar refractivity (Wildman–Crippen MR) is 113 cm³/mol. The molecule has 0 saturated heterocycles. The summed E-state index contributed by atoms with van der Waals surface area (Å²) < 4.78 is 11.4. The Morgan fingerprint density at radius 2 is 1.96 bits per heavy atom. The van der Waals surface area contributed by atoms with Gasteiger partial charge in [-0.25, -0.2) is 4.98 Å². The Bertz CT molecular complexity index is 688. The van der Waals surface area contributed by atoms with E-state index in [0.29, 0.717) is 0 Å². The number of hydrogen-bond acceptors (Lipinski definition) is 6. The van der Waals surface area contributed by atoms with E-state index in [9.17, 15) is 9.59 Å². The van der Waals surface area contributed by atoms with Gasteiger partial charge in [-0.05, 0) is 50.6 Å². The summed E-state index contributed by atoms with van der Waals surface area (Å²) >= 11 is 1.59. The van der Waals surface area contributed by atoms with Crippen molar-refractivity contribution >= 4 is 37.5 Å². The first-order valence-electron chi connectivity index (χ1n) is 9.31. The molecule has 0 saturated carbocycles. The maximum absolute atomic E-state index is 12.4. The molecule has 5 nitrogen and oxygen atoms in total. The number of rotatable bonds is 9. The Balaban J connectivity index is 3.03. The molecule has 0 fully saturated rings. The molecule has 0 aliphatic heterocycles. The third-order valence-corrected chi connectivity index (χ3v) is 10.1. The third-order valence-electron chi connectivity index (χ3n) is 4.82. The van der Waals surface area contributed by atoms with Gasteiger partial charge < -0.3 is 9.16 Å². The number of carbonyl (C=O) groups is 2. The molecular weight excluding hydrogens is 378 g/mol. The number of carbonyl (C=O) groups excluding carboxylic acids is 2. The van der Waals surface area contributed by atoms with Crippen LogP contribution in [0.1, 0.15) is 58.2 Å². The van der Waals surface area contributed by atoms with E-state index < -0.39 is 14.3 Å². The van der Waals surface area contributed by atoms with Crippen LogP contribution in [-0.4, -0.2) is 37.8 Å². The SMILES string of the molecule is CCOC(=O)CC(=O)C[C@H](O[Si](C)(C)C(C)(C)C)/C(C)=C/c1csc(C)n1. The lowest BCUT2D eigenvalue weighted by Crippen LogP contribution is -2.44. The lowest BCUT2D eigenvalue weighted by atomic mass is 10.0. The number of aromatic nitrogens is 1. The molecule has 0 aliphatic carbocycles. The number of nitrogens with zero attached hydrogens (tertiary/aromatic N) is 1. The van der Waals surface area contributed by atoms with Crippen LogP contribution in [0.25, 0.3) is 6.08 Å². The minimum atomic E-state index is -2.09. The molecule has 0 N–H and O–H groups in total. The van der Waals surface area contributed by atoms with Gasteiger partial charge in [-0.15, -0.1) is 11.3 Å². The van der Waals surface area contributed by atoms with Crippen LogP contribution in [-0.2, 0) is 18.8 Å². The van der Waals surface area contributed by atoms with Crippen molar-refractivity contribution in [3.05, 3.63) is 21.7 Å². The molecule has 1 aromatic rings. The number of thiazole rings is 1. The fraction of sp³-hybridized carbons (Fsp3) is 0.650. The Labute approximate surface area is 168 Å². The summed E-state index contributed by atoms with van der Waals surface area (Å²) in [5.41, 5.74) is 1.82. The average Bonchev–Trinajstić information content (AvgIpc) is 2.90. The van der Waals surface area contributed by atoms with E-state index in [1.807, 2.05) is 25.3 Å². The van der Waals surface area contributed by atoms with E-state index in [4.69, 9.17) is 9.16 Å². The van der Waals surface area contributed by atoms with Crippen molar-refractivity contribution in [2.75, 3.05) is 6.61 Å². The summed E-state index contributed by atoms with van der Waals surface area (Å²) in [6.45, 7) is 16.8. The summed E-state index contributed by atoms with van der Waals surface area (Å²) in [7, 11) is -2.09. The van der Waals surface area contributed by atoms with Gasteiger partial charge in [0.25, 0.3) is 0 Å². The van der Waals surface area contributed by atoms with Crippen LogP contribution in [0.15, 0.2) is 11.0 Å². The Hall–Kier alpha value is -1.31. The molecule has 0 aromatic carbocycles. The van der Waals surface area contributed by atoms with Crippen molar-refractivity contribution in [3.8, 4) is 0 Å². The van der Waals surface area contributed by atoms with Gasteiger partial charge in [-0.3, -0.25) is 9.59 Å². The Morgan fingerprint density at radius 3 is 2.44 bits per heavy atom. The summed E-state index contributed by atoms with van der Waals surface area (Å²) in [6.07, 6.45) is 1.55. The molecule has 0 spiro atoms. The molecule has 0 unspecified atom stereocenters. The van der Waals surface area contributed by atoms with Gasteiger partial charge in [-0.1, -0.05) is 20.8 Å². The van der Waals surface area contributed by atoms with E-state index in [1.54, 1.807) is 18.3 Å². The number of Topliss-reactive ketones (excluding diaryl/α,β-unsaturated/α-hetero) is 1. The zero-order valence-electron chi connectivity index (χ0n) is 17.8. The second-order valence-electron chi connectivity index (χ2n) is 8.27. The van der Waals surface area contributed by atoms with Crippen molar-refractivity contribution in [3.63, 3.8) is 0 Å². The maximum atomic E-state index is 12.4. The predicted octanol–water partition coefficient (Wildman–Crippen LogP) is 5.16. The molecule has 0 aliphatic rings. The van der Waals surface area contributed by atoms with E-state index in [0.717, 1.165) is 16.3 Å². The van der Waals surface area contributed by atoms with Crippen LogP contribution < -0.4 is 0 Å². The Kier molecular flexibility index (Phi) is 8.57. The van der Waals surface area contributed by atoms with Gasteiger partial charge in [-0.2, -0.15) is 0 Å². The van der Waals surface area contributed by atoms with Gasteiger partial charge in [0, 0.05) is 11.8 Å². The highest BCUT2D eigenvalue weighted by Crippen LogP contribution is 2.38. The van der Waals surface area contributed by atoms with E-state index in [2.05, 4.69) is 38.8 Å².